The Hall–Kier alpha value is -2.24. The molecule has 2 aromatic rings. The second-order valence-electron chi connectivity index (χ2n) is 9.03. The molecular weight excluding hydrogens is 340 g/mol. The largest absolute Gasteiger partial charge is 0.444 e. The number of hydrogen-bond acceptors (Lipinski definition) is 4. The van der Waals surface area contributed by atoms with Gasteiger partial charge in [0.2, 0.25) is 0 Å². The molecule has 0 saturated carbocycles. The Bertz CT molecular complexity index is 865. The highest BCUT2D eigenvalue weighted by molar-refractivity contribution is 5.88. The molecule has 0 spiro atoms. The second-order valence-corrected chi connectivity index (χ2v) is 9.03. The van der Waals surface area contributed by atoms with E-state index in [1.165, 1.54) is 5.56 Å². The van der Waals surface area contributed by atoms with Crippen LogP contribution < -0.4 is 5.73 Å². The van der Waals surface area contributed by atoms with Gasteiger partial charge in [-0.15, -0.1) is 0 Å². The van der Waals surface area contributed by atoms with Crippen molar-refractivity contribution in [3.63, 3.8) is 0 Å². The van der Waals surface area contributed by atoms with E-state index in [1.807, 2.05) is 32.7 Å². The number of fused-ring (bicyclic) bond motifs is 1. The van der Waals surface area contributed by atoms with Gasteiger partial charge in [0.1, 0.15) is 11.2 Å². The van der Waals surface area contributed by atoms with Crippen LogP contribution in [0, 0.1) is 12.8 Å². The van der Waals surface area contributed by atoms with Crippen molar-refractivity contribution in [2.45, 2.75) is 65.5 Å². The lowest BCUT2D eigenvalue weighted by Gasteiger charge is -2.42. The fraction of sp³-hybridized carbons (Fsp3) is 0.619. The third kappa shape index (κ3) is 3.62. The van der Waals surface area contributed by atoms with Crippen LogP contribution in [0.5, 0.6) is 0 Å². The highest BCUT2D eigenvalue weighted by atomic mass is 16.6. The minimum absolute atomic E-state index is 0.116. The minimum atomic E-state index is -0.479. The van der Waals surface area contributed by atoms with Gasteiger partial charge in [0.15, 0.2) is 0 Å². The molecule has 3 rings (SSSR count). The SMILES string of the molecule is Cc1c(N)cnc2c1c(C1CC(C)N(C(=O)OC(C)(C)C)CC1C)cn2C. The molecule has 3 atom stereocenters. The molecule has 0 aromatic carbocycles. The van der Waals surface area contributed by atoms with Crippen molar-refractivity contribution >= 4 is 22.8 Å². The third-order valence-electron chi connectivity index (χ3n) is 5.64. The molecule has 6 heteroatoms. The Labute approximate surface area is 161 Å². The molecule has 0 aliphatic carbocycles. The lowest BCUT2D eigenvalue weighted by molar-refractivity contribution is 0.00372. The molecule has 1 aliphatic heterocycles. The summed E-state index contributed by atoms with van der Waals surface area (Å²) < 4.78 is 7.68. The van der Waals surface area contributed by atoms with Gasteiger partial charge < -0.3 is 19.9 Å². The summed E-state index contributed by atoms with van der Waals surface area (Å²) in [5.74, 6) is 0.671. The minimum Gasteiger partial charge on any atom is -0.444 e. The number of rotatable bonds is 1. The molecule has 2 N–H and O–H groups in total. The molecule has 1 saturated heterocycles. The van der Waals surface area contributed by atoms with Gasteiger partial charge in [-0.2, -0.15) is 0 Å². The molecule has 0 bridgehead atoms. The fourth-order valence-electron chi connectivity index (χ4n) is 4.19. The first-order valence-electron chi connectivity index (χ1n) is 9.69. The Balaban J connectivity index is 1.92. The van der Waals surface area contributed by atoms with E-state index in [1.54, 1.807) is 6.20 Å². The summed E-state index contributed by atoms with van der Waals surface area (Å²) >= 11 is 0. The number of piperidine rings is 1. The lowest BCUT2D eigenvalue weighted by Crippen LogP contribution is -2.49. The molecular formula is C21H32N4O2. The van der Waals surface area contributed by atoms with Crippen LogP contribution >= 0.6 is 0 Å². The smallest absolute Gasteiger partial charge is 0.410 e. The zero-order chi connectivity index (χ0) is 20.1. The predicted molar refractivity (Wildman–Crippen MR) is 109 cm³/mol. The number of carbonyl (C=O) groups is 1. The highest BCUT2D eigenvalue weighted by Crippen LogP contribution is 2.41. The standard InChI is InChI=1S/C21H32N4O2/c1-12-10-25(20(26)27-21(4,5)6)13(2)8-15(12)16-11-24(7)19-18(16)14(3)17(22)9-23-19/h9,11-13,15H,8,10,22H2,1-7H3. The maximum Gasteiger partial charge on any atom is 0.410 e. The summed E-state index contributed by atoms with van der Waals surface area (Å²) in [5, 5.41) is 1.16. The Kier molecular flexibility index (Phi) is 4.87. The number of nitrogens with two attached hydrogens (primary N) is 1. The number of nitrogens with zero attached hydrogens (tertiary/aromatic N) is 3. The van der Waals surface area contributed by atoms with Crippen LogP contribution in [-0.4, -0.2) is 38.7 Å². The molecule has 2 aromatic heterocycles. The van der Waals surface area contributed by atoms with Crippen molar-refractivity contribution in [2.24, 2.45) is 13.0 Å². The van der Waals surface area contributed by atoms with E-state index in [0.29, 0.717) is 18.4 Å². The highest BCUT2D eigenvalue weighted by Gasteiger charge is 2.37. The molecule has 148 valence electrons. The van der Waals surface area contributed by atoms with E-state index in [4.69, 9.17) is 10.5 Å². The molecule has 0 radical (unpaired) electrons. The van der Waals surface area contributed by atoms with Gasteiger partial charge in [0, 0.05) is 31.2 Å². The van der Waals surface area contributed by atoms with Crippen LogP contribution in [0.25, 0.3) is 11.0 Å². The average molecular weight is 373 g/mol. The molecule has 1 fully saturated rings. The first kappa shape index (κ1) is 19.5. The summed E-state index contributed by atoms with van der Waals surface area (Å²) in [6, 6.07) is 0.116. The molecule has 3 heterocycles. The number of aryl methyl sites for hydroxylation is 2. The van der Waals surface area contributed by atoms with Crippen molar-refractivity contribution in [3.8, 4) is 0 Å². The van der Waals surface area contributed by atoms with Crippen LogP contribution in [0.2, 0.25) is 0 Å². The number of amides is 1. The van der Waals surface area contributed by atoms with Crippen molar-refractivity contribution in [1.82, 2.24) is 14.5 Å². The summed E-state index contributed by atoms with van der Waals surface area (Å²) in [7, 11) is 2.03. The van der Waals surface area contributed by atoms with E-state index < -0.39 is 5.60 Å². The normalized spacial score (nSPS) is 23.7. The Morgan fingerprint density at radius 2 is 2.00 bits per heavy atom. The second kappa shape index (κ2) is 6.73. The van der Waals surface area contributed by atoms with Crippen molar-refractivity contribution in [3.05, 3.63) is 23.5 Å². The van der Waals surface area contributed by atoms with E-state index in [-0.39, 0.29) is 12.1 Å². The zero-order valence-electron chi connectivity index (χ0n) is 17.5. The van der Waals surface area contributed by atoms with Gasteiger partial charge in [-0.05, 0) is 64.0 Å². The summed E-state index contributed by atoms with van der Waals surface area (Å²) in [6.07, 6.45) is 4.59. The van der Waals surface area contributed by atoms with Crippen molar-refractivity contribution in [1.29, 1.82) is 0 Å². The molecule has 3 unspecified atom stereocenters. The van der Waals surface area contributed by atoms with Gasteiger partial charge in [-0.25, -0.2) is 9.78 Å². The van der Waals surface area contributed by atoms with Gasteiger partial charge in [-0.3, -0.25) is 0 Å². The average Bonchev–Trinajstić information content (AvgIpc) is 2.88. The number of likely N-dealkylation sites (tertiary alicyclic amines) is 1. The first-order valence-corrected chi connectivity index (χ1v) is 9.69. The van der Waals surface area contributed by atoms with Gasteiger partial charge in [0.05, 0.1) is 11.9 Å². The number of aromatic nitrogens is 2. The molecule has 1 amide bonds. The van der Waals surface area contributed by atoms with Crippen LogP contribution in [0.15, 0.2) is 12.4 Å². The third-order valence-corrected chi connectivity index (χ3v) is 5.64. The van der Waals surface area contributed by atoms with E-state index in [0.717, 1.165) is 28.7 Å². The number of hydrogen-bond donors (Lipinski definition) is 1. The maximum atomic E-state index is 12.6. The van der Waals surface area contributed by atoms with Crippen molar-refractivity contribution < 1.29 is 9.53 Å². The lowest BCUT2D eigenvalue weighted by atomic mass is 9.78. The van der Waals surface area contributed by atoms with Gasteiger partial charge in [0.25, 0.3) is 0 Å². The van der Waals surface area contributed by atoms with Gasteiger partial charge in [-0.1, -0.05) is 6.92 Å². The van der Waals surface area contributed by atoms with E-state index >= 15 is 0 Å². The molecule has 1 aliphatic rings. The van der Waals surface area contributed by atoms with Crippen LogP contribution in [0.3, 0.4) is 0 Å². The Morgan fingerprint density at radius 3 is 2.63 bits per heavy atom. The van der Waals surface area contributed by atoms with E-state index in [2.05, 4.69) is 36.5 Å². The maximum absolute atomic E-state index is 12.6. The number of carbonyl (C=O) groups excluding carboxylic acids is 1. The summed E-state index contributed by atoms with van der Waals surface area (Å²) in [6.45, 7) is 12.8. The van der Waals surface area contributed by atoms with Crippen molar-refractivity contribution in [2.75, 3.05) is 12.3 Å². The molecule has 27 heavy (non-hydrogen) atoms. The van der Waals surface area contributed by atoms with Crippen LogP contribution in [0.4, 0.5) is 10.5 Å². The topological polar surface area (TPSA) is 73.4 Å². The number of anilines is 1. The quantitative estimate of drug-likeness (QED) is 0.814. The number of pyridine rings is 1. The number of ether oxygens (including phenoxy) is 1. The summed E-state index contributed by atoms with van der Waals surface area (Å²) in [5.41, 5.74) is 9.72. The Morgan fingerprint density at radius 1 is 1.33 bits per heavy atom. The fourth-order valence-corrected chi connectivity index (χ4v) is 4.19. The number of nitrogen functional groups attached to an aromatic ring is 1. The van der Waals surface area contributed by atoms with E-state index in [9.17, 15) is 4.79 Å². The first-order chi connectivity index (χ1) is 12.5. The van der Waals surface area contributed by atoms with Crippen LogP contribution in [-0.2, 0) is 11.8 Å². The molecule has 6 nitrogen and oxygen atoms in total. The zero-order valence-corrected chi connectivity index (χ0v) is 17.5. The van der Waals surface area contributed by atoms with Gasteiger partial charge >= 0.3 is 6.09 Å². The monoisotopic (exact) mass is 372 g/mol. The van der Waals surface area contributed by atoms with Crippen LogP contribution in [0.1, 0.15) is 58.1 Å². The predicted octanol–water partition coefficient (Wildman–Crippen LogP) is 4.21. The summed E-state index contributed by atoms with van der Waals surface area (Å²) in [4.78, 5) is 19.0.